The number of aromatic carboxylic acids is 1. The Bertz CT molecular complexity index is 663. The number of nitrogens with one attached hydrogen (secondary N) is 1. The monoisotopic (exact) mass is 362 g/mol. The number of benzene rings is 2. The first kappa shape index (κ1) is 20.9. The Morgan fingerprint density at radius 2 is 1.92 bits per heavy atom. The molecule has 25 heavy (non-hydrogen) atoms. The second-order valence-electron chi connectivity index (χ2n) is 4.97. The molecule has 2 aromatic rings. The third-order valence-corrected chi connectivity index (χ3v) is 3.79. The standard InChI is InChI=1S/C17H20N2O3S.C2H6/c1-2-3-9-19-14-10-12(17(20)21)11-15(23-18)16(14)22-13-7-5-4-6-8-13;1-2/h4-8,10-11,19H,2-3,9,18H2,1H3,(H,20,21);1-2H3. The van der Waals surface area contributed by atoms with Gasteiger partial charge in [0.2, 0.25) is 0 Å². The van der Waals surface area contributed by atoms with Gasteiger partial charge in [-0.3, -0.25) is 5.14 Å². The molecule has 0 heterocycles. The van der Waals surface area contributed by atoms with E-state index in [1.54, 1.807) is 6.07 Å². The molecule has 0 aliphatic carbocycles. The smallest absolute Gasteiger partial charge is 0.335 e. The number of carboxylic acids is 1. The van der Waals surface area contributed by atoms with Crippen molar-refractivity contribution in [2.75, 3.05) is 11.9 Å². The van der Waals surface area contributed by atoms with Crippen molar-refractivity contribution in [2.24, 2.45) is 5.14 Å². The van der Waals surface area contributed by atoms with Crippen LogP contribution < -0.4 is 15.2 Å². The molecule has 0 radical (unpaired) electrons. The zero-order valence-electron chi connectivity index (χ0n) is 14.9. The van der Waals surface area contributed by atoms with E-state index in [-0.39, 0.29) is 5.56 Å². The van der Waals surface area contributed by atoms with Gasteiger partial charge in [0.1, 0.15) is 5.75 Å². The van der Waals surface area contributed by atoms with Gasteiger partial charge in [0.25, 0.3) is 0 Å². The van der Waals surface area contributed by atoms with Crippen molar-refractivity contribution < 1.29 is 14.6 Å². The fourth-order valence-electron chi connectivity index (χ4n) is 2.06. The Morgan fingerprint density at radius 1 is 1.24 bits per heavy atom. The zero-order chi connectivity index (χ0) is 18.7. The third kappa shape index (κ3) is 6.32. The Morgan fingerprint density at radius 3 is 2.48 bits per heavy atom. The van der Waals surface area contributed by atoms with E-state index in [9.17, 15) is 9.90 Å². The number of carbonyl (C=O) groups is 1. The van der Waals surface area contributed by atoms with E-state index in [0.29, 0.717) is 22.1 Å². The highest BCUT2D eigenvalue weighted by molar-refractivity contribution is 7.97. The summed E-state index contributed by atoms with van der Waals surface area (Å²) in [5.74, 6) is 0.222. The van der Waals surface area contributed by atoms with E-state index in [4.69, 9.17) is 9.88 Å². The van der Waals surface area contributed by atoms with Gasteiger partial charge in [0.15, 0.2) is 5.75 Å². The summed E-state index contributed by atoms with van der Waals surface area (Å²) < 4.78 is 5.94. The molecule has 2 aromatic carbocycles. The van der Waals surface area contributed by atoms with Crippen LogP contribution in [0.15, 0.2) is 47.4 Å². The maximum absolute atomic E-state index is 11.3. The van der Waals surface area contributed by atoms with E-state index in [1.165, 1.54) is 6.07 Å². The second-order valence-corrected chi connectivity index (χ2v) is 5.65. The van der Waals surface area contributed by atoms with Crippen molar-refractivity contribution in [3.63, 3.8) is 0 Å². The summed E-state index contributed by atoms with van der Waals surface area (Å²) in [5, 5.41) is 18.2. The molecule has 0 aliphatic heterocycles. The van der Waals surface area contributed by atoms with Gasteiger partial charge in [-0.05, 0) is 42.6 Å². The molecule has 0 saturated carbocycles. The minimum atomic E-state index is -0.995. The molecule has 0 unspecified atom stereocenters. The van der Waals surface area contributed by atoms with Gasteiger partial charge >= 0.3 is 5.97 Å². The van der Waals surface area contributed by atoms with Gasteiger partial charge in [0, 0.05) is 6.54 Å². The van der Waals surface area contributed by atoms with Crippen LogP contribution in [-0.4, -0.2) is 17.6 Å². The van der Waals surface area contributed by atoms with E-state index in [2.05, 4.69) is 12.2 Å². The normalized spacial score (nSPS) is 9.76. The molecule has 0 fully saturated rings. The fourth-order valence-corrected chi connectivity index (χ4v) is 2.51. The highest BCUT2D eigenvalue weighted by atomic mass is 32.2. The van der Waals surface area contributed by atoms with E-state index < -0.39 is 5.97 Å². The highest BCUT2D eigenvalue weighted by Gasteiger charge is 2.16. The molecule has 5 nitrogen and oxygen atoms in total. The summed E-state index contributed by atoms with van der Waals surface area (Å²) in [7, 11) is 0. The zero-order valence-corrected chi connectivity index (χ0v) is 15.7. The fraction of sp³-hybridized carbons (Fsp3) is 0.316. The lowest BCUT2D eigenvalue weighted by molar-refractivity contribution is 0.0696. The van der Waals surface area contributed by atoms with E-state index in [0.717, 1.165) is 31.3 Å². The number of carboxylic acid groups (broad SMARTS) is 1. The maximum Gasteiger partial charge on any atom is 0.335 e. The summed E-state index contributed by atoms with van der Waals surface area (Å²) in [4.78, 5) is 11.9. The van der Waals surface area contributed by atoms with Crippen molar-refractivity contribution in [1.29, 1.82) is 0 Å². The molecule has 4 N–H and O–H groups in total. The van der Waals surface area contributed by atoms with Crippen molar-refractivity contribution >= 4 is 23.6 Å². The van der Waals surface area contributed by atoms with E-state index in [1.807, 2.05) is 44.2 Å². The van der Waals surface area contributed by atoms with E-state index >= 15 is 0 Å². The largest absolute Gasteiger partial charge is 0.478 e. The summed E-state index contributed by atoms with van der Waals surface area (Å²) in [6.07, 6.45) is 2.02. The van der Waals surface area contributed by atoms with Crippen molar-refractivity contribution in [2.45, 2.75) is 38.5 Å². The first-order valence-corrected chi connectivity index (χ1v) is 9.28. The van der Waals surface area contributed by atoms with Crippen molar-refractivity contribution in [3.8, 4) is 11.5 Å². The van der Waals surface area contributed by atoms with Crippen LogP contribution in [0.3, 0.4) is 0 Å². The van der Waals surface area contributed by atoms with Gasteiger partial charge < -0.3 is 15.2 Å². The molecule has 0 spiro atoms. The lowest BCUT2D eigenvalue weighted by Gasteiger charge is -2.17. The highest BCUT2D eigenvalue weighted by Crippen LogP contribution is 2.38. The molecule has 0 saturated heterocycles. The molecule has 136 valence electrons. The third-order valence-electron chi connectivity index (χ3n) is 3.24. The number of hydrogen-bond acceptors (Lipinski definition) is 5. The van der Waals surface area contributed by atoms with Gasteiger partial charge in [-0.25, -0.2) is 4.79 Å². The topological polar surface area (TPSA) is 84.6 Å². The molecule has 6 heteroatoms. The Balaban J connectivity index is 0.00000151. The van der Waals surface area contributed by atoms with Crippen LogP contribution in [0.25, 0.3) is 0 Å². The first-order valence-electron chi connectivity index (χ1n) is 8.40. The summed E-state index contributed by atoms with van der Waals surface area (Å²) >= 11 is 0.971. The molecule has 0 bridgehead atoms. The summed E-state index contributed by atoms with van der Waals surface area (Å²) in [6.45, 7) is 6.83. The minimum Gasteiger partial charge on any atom is -0.478 e. The summed E-state index contributed by atoms with van der Waals surface area (Å²) in [6, 6.07) is 12.4. The van der Waals surface area contributed by atoms with Gasteiger partial charge in [0.05, 0.1) is 16.1 Å². The number of ether oxygens (including phenoxy) is 1. The first-order chi connectivity index (χ1) is 12.2. The van der Waals surface area contributed by atoms with Crippen LogP contribution in [0, 0.1) is 0 Å². The van der Waals surface area contributed by atoms with Crippen LogP contribution in [0.2, 0.25) is 0 Å². The molecular weight excluding hydrogens is 336 g/mol. The number of anilines is 1. The number of para-hydroxylation sites is 1. The molecule has 0 aliphatic rings. The number of nitrogens with two attached hydrogens (primary N) is 1. The molecule has 0 atom stereocenters. The average Bonchev–Trinajstić information content (AvgIpc) is 2.65. The maximum atomic E-state index is 11.3. The van der Waals surface area contributed by atoms with Gasteiger partial charge in [-0.15, -0.1) is 0 Å². The summed E-state index contributed by atoms with van der Waals surface area (Å²) in [5.41, 5.74) is 0.813. The molecular formula is C19H26N2O3S. The predicted octanol–water partition coefficient (Wildman–Crippen LogP) is 5.38. The molecule has 0 aromatic heterocycles. The van der Waals surface area contributed by atoms with Crippen LogP contribution in [0.1, 0.15) is 44.0 Å². The quantitative estimate of drug-likeness (QED) is 0.432. The minimum absolute atomic E-state index is 0.178. The lowest BCUT2D eigenvalue weighted by Crippen LogP contribution is -2.06. The lowest BCUT2D eigenvalue weighted by atomic mass is 10.1. The Hall–Kier alpha value is -2.18. The van der Waals surface area contributed by atoms with Crippen LogP contribution >= 0.6 is 11.9 Å². The van der Waals surface area contributed by atoms with Crippen LogP contribution in [-0.2, 0) is 0 Å². The second kappa shape index (κ2) is 11.4. The Labute approximate surface area is 153 Å². The van der Waals surface area contributed by atoms with Gasteiger partial charge in [-0.1, -0.05) is 45.4 Å². The van der Waals surface area contributed by atoms with Crippen molar-refractivity contribution in [3.05, 3.63) is 48.0 Å². The van der Waals surface area contributed by atoms with Crippen LogP contribution in [0.5, 0.6) is 11.5 Å². The number of rotatable bonds is 8. The van der Waals surface area contributed by atoms with Crippen LogP contribution in [0.4, 0.5) is 5.69 Å². The van der Waals surface area contributed by atoms with Crippen molar-refractivity contribution in [1.82, 2.24) is 0 Å². The molecule has 0 amide bonds. The average molecular weight is 362 g/mol. The number of hydrogen-bond donors (Lipinski definition) is 3. The Kier molecular flexibility index (Phi) is 9.50. The number of unbranched alkanes of at least 4 members (excludes halogenated alkanes) is 1. The SMILES string of the molecule is CC.CCCCNc1cc(C(=O)O)cc(SN)c1Oc1ccccc1. The molecule has 2 rings (SSSR count). The predicted molar refractivity (Wildman–Crippen MR) is 105 cm³/mol. The van der Waals surface area contributed by atoms with Gasteiger partial charge in [-0.2, -0.15) is 0 Å².